The molecule has 0 aromatic heterocycles. The lowest BCUT2D eigenvalue weighted by Gasteiger charge is -2.34. The number of carbonyl (C=O) groups is 3. The van der Waals surface area contributed by atoms with E-state index in [-0.39, 0.29) is 42.7 Å². The zero-order valence-electron chi connectivity index (χ0n) is 46.8. The summed E-state index contributed by atoms with van der Waals surface area (Å²) in [6.07, 6.45) is 61.2. The fraction of sp³-hybridized carbons (Fsp3) is 0.918. The van der Waals surface area contributed by atoms with E-state index in [1.165, 1.54) is 238 Å². The number of hydrogen-bond acceptors (Lipinski definition) is 7. The number of carbonyl (C=O) groups excluding carboxylic acids is 3. The Kier molecular flexibility index (Phi) is 50.9. The van der Waals surface area contributed by atoms with Crippen LogP contribution >= 0.6 is 0 Å². The molecule has 0 fully saturated rings. The number of rotatable bonds is 56. The molecule has 0 aliphatic rings. The van der Waals surface area contributed by atoms with Crippen LogP contribution in [0.1, 0.15) is 309 Å². The predicted octanol–water partition coefficient (Wildman–Crippen LogP) is 16.8. The van der Waals surface area contributed by atoms with Gasteiger partial charge in [-0.05, 0) is 38.5 Å². The van der Waals surface area contributed by atoms with Crippen LogP contribution in [0.3, 0.4) is 0 Å². The van der Waals surface area contributed by atoms with Gasteiger partial charge in [-0.25, -0.2) is 0 Å². The van der Waals surface area contributed by atoms with E-state index in [1.54, 1.807) is 0 Å². The molecule has 69 heavy (non-hydrogen) atoms. The van der Waals surface area contributed by atoms with Crippen LogP contribution in [0.2, 0.25) is 0 Å². The van der Waals surface area contributed by atoms with E-state index in [0.29, 0.717) is 12.8 Å². The van der Waals surface area contributed by atoms with Gasteiger partial charge in [-0.2, -0.15) is 0 Å². The highest BCUT2D eigenvalue weighted by atomic mass is 16.6. The summed E-state index contributed by atoms with van der Waals surface area (Å²) < 4.78 is 17.3. The maximum absolute atomic E-state index is 12.8. The van der Waals surface area contributed by atoms with E-state index in [9.17, 15) is 19.5 Å². The Morgan fingerprint density at radius 1 is 0.420 bits per heavy atom. The summed E-state index contributed by atoms with van der Waals surface area (Å²) in [5.41, 5.74) is 0. The van der Waals surface area contributed by atoms with E-state index in [4.69, 9.17) is 14.2 Å². The normalized spacial score (nSPS) is 12.8. The van der Waals surface area contributed by atoms with Gasteiger partial charge in [0.25, 0.3) is 0 Å². The topological polar surface area (TPSA) is 102 Å². The highest BCUT2D eigenvalue weighted by molar-refractivity contribution is 5.70. The number of allylic oxidation sites excluding steroid dienone is 2. The van der Waals surface area contributed by atoms with Crippen molar-refractivity contribution in [2.75, 3.05) is 41.0 Å². The van der Waals surface area contributed by atoms with E-state index in [1.807, 2.05) is 21.1 Å². The summed E-state index contributed by atoms with van der Waals surface area (Å²) in [7, 11) is 5.44. The standard InChI is InChI=1S/C61H117NO7/c1-6-8-10-12-14-16-18-20-22-24-26-28-30-32-34-36-38-40-42-44-46-48-50-52-60(64)69-57(55-67-54-53-58(61(65)66)62(3,4)5)56-68-59(63)51-49-47-45-43-41-39-37-35-33-31-29-27-25-23-21-19-17-15-13-11-9-7-2/h24,26,57-58H,6-23,25,27-56H2,1-5H3/b26-24-. The molecule has 0 aromatic rings. The molecule has 0 saturated heterocycles. The first kappa shape index (κ1) is 67.1. The quantitative estimate of drug-likeness (QED) is 0.0259. The fourth-order valence-corrected chi connectivity index (χ4v) is 9.48. The largest absolute Gasteiger partial charge is 0.544 e. The van der Waals surface area contributed by atoms with Crippen molar-refractivity contribution in [3.05, 3.63) is 12.2 Å². The summed E-state index contributed by atoms with van der Waals surface area (Å²) in [5, 5.41) is 11.7. The minimum atomic E-state index is -1.12. The van der Waals surface area contributed by atoms with Crippen molar-refractivity contribution in [2.24, 2.45) is 0 Å². The minimum absolute atomic E-state index is 0.0474. The SMILES string of the molecule is CCCCCCCCCC/C=C\CCCCCCCCCCCCCC(=O)OC(COCCC(C(=O)[O-])[N+](C)(C)C)COC(=O)CCCCCCCCCCCCCCCCCCCCCCCC. The Morgan fingerprint density at radius 3 is 1.04 bits per heavy atom. The molecule has 2 unspecified atom stereocenters. The molecule has 0 aromatic carbocycles. The van der Waals surface area contributed by atoms with Crippen molar-refractivity contribution >= 4 is 17.9 Å². The number of likely N-dealkylation sites (N-methyl/N-ethyl adjacent to an activating group) is 1. The van der Waals surface area contributed by atoms with Crippen LogP contribution in [0.5, 0.6) is 0 Å². The maximum atomic E-state index is 12.8. The number of quaternary nitrogens is 1. The Labute approximate surface area is 429 Å². The number of esters is 2. The van der Waals surface area contributed by atoms with Crippen LogP contribution in [0.25, 0.3) is 0 Å². The first-order valence-electron chi connectivity index (χ1n) is 30.2. The van der Waals surface area contributed by atoms with Crippen molar-refractivity contribution < 1.29 is 38.2 Å². The number of hydrogen-bond donors (Lipinski definition) is 0. The summed E-state index contributed by atoms with van der Waals surface area (Å²) in [5.74, 6) is -1.71. The van der Waals surface area contributed by atoms with Gasteiger partial charge >= 0.3 is 11.9 Å². The third kappa shape index (κ3) is 50.8. The summed E-state index contributed by atoms with van der Waals surface area (Å²) >= 11 is 0. The summed E-state index contributed by atoms with van der Waals surface area (Å²) in [4.78, 5) is 37.2. The average Bonchev–Trinajstić information content (AvgIpc) is 3.31. The van der Waals surface area contributed by atoms with Gasteiger partial charge in [0.05, 0.1) is 40.3 Å². The predicted molar refractivity (Wildman–Crippen MR) is 291 cm³/mol. The number of ether oxygens (including phenoxy) is 3. The molecule has 0 amide bonds. The van der Waals surface area contributed by atoms with E-state index in [0.717, 1.165) is 38.5 Å². The zero-order chi connectivity index (χ0) is 50.6. The molecule has 0 spiro atoms. The minimum Gasteiger partial charge on any atom is -0.544 e. The van der Waals surface area contributed by atoms with Crippen LogP contribution in [-0.4, -0.2) is 75.5 Å². The molecular formula is C61H117NO7. The van der Waals surface area contributed by atoms with Gasteiger partial charge in [-0.15, -0.1) is 0 Å². The molecule has 8 nitrogen and oxygen atoms in total. The first-order chi connectivity index (χ1) is 33.6. The molecule has 8 heteroatoms. The zero-order valence-corrected chi connectivity index (χ0v) is 46.8. The Balaban J connectivity index is 4.10. The van der Waals surface area contributed by atoms with Crippen LogP contribution in [0.15, 0.2) is 12.2 Å². The number of aliphatic carboxylic acids is 1. The molecule has 0 heterocycles. The van der Waals surface area contributed by atoms with Crippen LogP contribution < -0.4 is 5.11 Å². The highest BCUT2D eigenvalue weighted by Gasteiger charge is 2.25. The van der Waals surface area contributed by atoms with Crippen molar-refractivity contribution in [1.82, 2.24) is 0 Å². The summed E-state index contributed by atoms with van der Waals surface area (Å²) in [6, 6.07) is -0.723. The molecule has 2 atom stereocenters. The Hall–Kier alpha value is -1.93. The Bertz CT molecular complexity index is 1140. The van der Waals surface area contributed by atoms with Gasteiger partial charge in [0.1, 0.15) is 12.6 Å². The van der Waals surface area contributed by atoms with E-state index in [2.05, 4.69) is 26.0 Å². The van der Waals surface area contributed by atoms with Gasteiger partial charge in [0.2, 0.25) is 0 Å². The van der Waals surface area contributed by atoms with E-state index >= 15 is 0 Å². The third-order valence-electron chi connectivity index (χ3n) is 14.2. The molecule has 0 aliphatic heterocycles. The molecule has 0 rings (SSSR count). The second-order valence-corrected chi connectivity index (χ2v) is 21.9. The van der Waals surface area contributed by atoms with Crippen molar-refractivity contribution in [1.29, 1.82) is 0 Å². The van der Waals surface area contributed by atoms with Crippen molar-refractivity contribution in [3.63, 3.8) is 0 Å². The van der Waals surface area contributed by atoms with Gasteiger partial charge in [0.15, 0.2) is 6.10 Å². The lowest BCUT2D eigenvalue weighted by atomic mass is 10.0. The molecule has 0 radical (unpaired) electrons. The van der Waals surface area contributed by atoms with Crippen molar-refractivity contribution in [3.8, 4) is 0 Å². The summed E-state index contributed by atoms with van der Waals surface area (Å²) in [6.45, 7) is 4.73. The highest BCUT2D eigenvalue weighted by Crippen LogP contribution is 2.18. The monoisotopic (exact) mass is 976 g/mol. The van der Waals surface area contributed by atoms with Gasteiger partial charge in [0, 0.05) is 19.3 Å². The molecule has 0 aliphatic carbocycles. The first-order valence-corrected chi connectivity index (χ1v) is 30.2. The smallest absolute Gasteiger partial charge is 0.306 e. The number of nitrogens with zero attached hydrogens (tertiary/aromatic N) is 1. The maximum Gasteiger partial charge on any atom is 0.306 e. The third-order valence-corrected chi connectivity index (χ3v) is 14.2. The average molecular weight is 977 g/mol. The Morgan fingerprint density at radius 2 is 0.725 bits per heavy atom. The van der Waals surface area contributed by atoms with Gasteiger partial charge < -0.3 is 28.6 Å². The number of unbranched alkanes of at least 4 members (excludes halogenated alkanes) is 40. The number of carboxylic acids is 1. The van der Waals surface area contributed by atoms with E-state index < -0.39 is 18.1 Å². The second-order valence-electron chi connectivity index (χ2n) is 21.9. The van der Waals surface area contributed by atoms with Crippen LogP contribution in [0.4, 0.5) is 0 Å². The fourth-order valence-electron chi connectivity index (χ4n) is 9.48. The van der Waals surface area contributed by atoms with Gasteiger partial charge in [-0.1, -0.05) is 264 Å². The molecule has 408 valence electrons. The number of carboxylic acid groups (broad SMARTS) is 1. The molecule has 0 saturated carbocycles. The van der Waals surface area contributed by atoms with Gasteiger partial charge in [-0.3, -0.25) is 9.59 Å². The lowest BCUT2D eigenvalue weighted by molar-refractivity contribution is -0.889. The van der Waals surface area contributed by atoms with Crippen molar-refractivity contribution in [2.45, 2.75) is 321 Å². The lowest BCUT2D eigenvalue weighted by Crippen LogP contribution is -2.55. The second kappa shape index (κ2) is 52.4. The molecule has 0 N–H and O–H groups in total. The van der Waals surface area contributed by atoms with Crippen LogP contribution in [0, 0.1) is 0 Å². The van der Waals surface area contributed by atoms with Crippen LogP contribution in [-0.2, 0) is 28.6 Å². The molecular weight excluding hydrogens is 859 g/mol. The molecule has 0 bridgehead atoms.